The van der Waals surface area contributed by atoms with Gasteiger partial charge in [-0.1, -0.05) is 18.2 Å². The zero-order chi connectivity index (χ0) is 12.0. The van der Waals surface area contributed by atoms with Crippen LogP contribution < -0.4 is 0 Å². The number of benzene rings is 1. The molecule has 1 aromatic rings. The molecule has 16 heavy (non-hydrogen) atoms. The van der Waals surface area contributed by atoms with Gasteiger partial charge < -0.3 is 14.9 Å². The second-order valence-electron chi connectivity index (χ2n) is 3.91. The molecule has 2 N–H and O–H groups in total. The van der Waals surface area contributed by atoms with Crippen molar-refractivity contribution in [3.05, 3.63) is 35.9 Å². The number of rotatable bonds is 5. The monoisotopic (exact) mass is 224 g/mol. The molecule has 0 aliphatic rings. The molecule has 1 rings (SSSR count). The van der Waals surface area contributed by atoms with E-state index < -0.39 is 11.6 Å². The van der Waals surface area contributed by atoms with Crippen molar-refractivity contribution >= 4 is 5.97 Å². The first-order chi connectivity index (χ1) is 7.55. The van der Waals surface area contributed by atoms with Crippen LogP contribution in [0.15, 0.2) is 30.3 Å². The summed E-state index contributed by atoms with van der Waals surface area (Å²) in [5.74, 6) is -0.473. The lowest BCUT2D eigenvalue weighted by molar-refractivity contribution is -0.0329. The fraction of sp³-hybridized carbons (Fsp3) is 0.417. The van der Waals surface area contributed by atoms with Gasteiger partial charge in [0.2, 0.25) is 0 Å². The van der Waals surface area contributed by atoms with Crippen molar-refractivity contribution in [2.24, 2.45) is 0 Å². The zero-order valence-electron chi connectivity index (χ0n) is 9.22. The largest absolute Gasteiger partial charge is 0.459 e. The Labute approximate surface area is 94.5 Å². The quantitative estimate of drug-likeness (QED) is 0.731. The summed E-state index contributed by atoms with van der Waals surface area (Å²) in [5.41, 5.74) is -0.735. The first-order valence-electron chi connectivity index (χ1n) is 5.10. The summed E-state index contributed by atoms with van der Waals surface area (Å²) in [6.07, 6.45) is 0.176. The second kappa shape index (κ2) is 5.63. The highest BCUT2D eigenvalue weighted by Gasteiger charge is 2.22. The number of hydrogen-bond donors (Lipinski definition) is 2. The first-order valence-corrected chi connectivity index (χ1v) is 5.10. The van der Waals surface area contributed by atoms with Crippen molar-refractivity contribution in [1.82, 2.24) is 0 Å². The van der Waals surface area contributed by atoms with E-state index in [-0.39, 0.29) is 19.6 Å². The SMILES string of the molecule is CC(O)(CCO)COC(=O)c1ccccc1. The lowest BCUT2D eigenvalue weighted by Gasteiger charge is -2.21. The first kappa shape index (κ1) is 12.7. The molecule has 0 aliphatic carbocycles. The molecule has 0 saturated carbocycles. The van der Waals surface area contributed by atoms with Crippen LogP contribution in [0.4, 0.5) is 0 Å². The Balaban J connectivity index is 2.48. The lowest BCUT2D eigenvalue weighted by atomic mass is 10.1. The average Bonchev–Trinajstić information content (AvgIpc) is 2.27. The number of esters is 1. The highest BCUT2D eigenvalue weighted by molar-refractivity contribution is 5.89. The molecule has 0 heterocycles. The van der Waals surface area contributed by atoms with E-state index in [2.05, 4.69) is 0 Å². The van der Waals surface area contributed by atoms with Crippen LogP contribution in [0.25, 0.3) is 0 Å². The van der Waals surface area contributed by atoms with Crippen molar-refractivity contribution < 1.29 is 19.7 Å². The Bertz CT molecular complexity index is 332. The molecular formula is C12H16O4. The smallest absolute Gasteiger partial charge is 0.338 e. The standard InChI is InChI=1S/C12H16O4/c1-12(15,7-8-13)9-16-11(14)10-5-3-2-4-6-10/h2-6,13,15H,7-9H2,1H3. The Morgan fingerprint density at radius 1 is 1.38 bits per heavy atom. The Morgan fingerprint density at radius 3 is 2.56 bits per heavy atom. The third-order valence-electron chi connectivity index (χ3n) is 2.17. The molecule has 0 saturated heterocycles. The van der Waals surface area contributed by atoms with Crippen LogP contribution >= 0.6 is 0 Å². The topological polar surface area (TPSA) is 66.8 Å². The minimum absolute atomic E-state index is 0.124. The van der Waals surface area contributed by atoms with Crippen LogP contribution in [-0.4, -0.2) is 35.0 Å². The van der Waals surface area contributed by atoms with Gasteiger partial charge in [0, 0.05) is 13.0 Å². The van der Waals surface area contributed by atoms with E-state index in [1.807, 2.05) is 0 Å². The van der Waals surface area contributed by atoms with Crippen LogP contribution in [0.5, 0.6) is 0 Å². The van der Waals surface area contributed by atoms with E-state index in [4.69, 9.17) is 9.84 Å². The van der Waals surface area contributed by atoms with E-state index in [9.17, 15) is 9.90 Å². The molecule has 4 nitrogen and oxygen atoms in total. The molecule has 0 radical (unpaired) electrons. The highest BCUT2D eigenvalue weighted by Crippen LogP contribution is 2.10. The van der Waals surface area contributed by atoms with E-state index in [1.54, 1.807) is 30.3 Å². The predicted octanol–water partition coefficient (Wildman–Crippen LogP) is 0.977. The molecule has 0 amide bonds. The molecule has 4 heteroatoms. The van der Waals surface area contributed by atoms with Gasteiger partial charge in [0.05, 0.1) is 11.2 Å². The minimum atomic E-state index is -1.18. The number of carbonyl (C=O) groups excluding carboxylic acids is 1. The Hall–Kier alpha value is -1.39. The number of carbonyl (C=O) groups is 1. The third kappa shape index (κ3) is 4.00. The molecule has 0 spiro atoms. The number of aliphatic hydroxyl groups excluding tert-OH is 1. The maximum Gasteiger partial charge on any atom is 0.338 e. The Kier molecular flexibility index (Phi) is 4.46. The maximum atomic E-state index is 11.5. The highest BCUT2D eigenvalue weighted by atomic mass is 16.5. The van der Waals surface area contributed by atoms with Crippen LogP contribution in [0.2, 0.25) is 0 Å². The number of hydrogen-bond acceptors (Lipinski definition) is 4. The fourth-order valence-electron chi connectivity index (χ4n) is 1.19. The van der Waals surface area contributed by atoms with E-state index >= 15 is 0 Å². The third-order valence-corrected chi connectivity index (χ3v) is 2.17. The summed E-state index contributed by atoms with van der Waals surface area (Å²) in [6, 6.07) is 8.57. The summed E-state index contributed by atoms with van der Waals surface area (Å²) < 4.78 is 4.95. The maximum absolute atomic E-state index is 11.5. The van der Waals surface area contributed by atoms with Crippen molar-refractivity contribution in [1.29, 1.82) is 0 Å². The molecule has 0 fully saturated rings. The van der Waals surface area contributed by atoms with Crippen LogP contribution in [0, 0.1) is 0 Å². The van der Waals surface area contributed by atoms with Gasteiger partial charge in [0.1, 0.15) is 6.61 Å². The normalized spacial score (nSPS) is 14.2. The van der Waals surface area contributed by atoms with E-state index in [0.717, 1.165) is 0 Å². The summed E-state index contributed by atoms with van der Waals surface area (Å²) in [5, 5.41) is 18.4. The van der Waals surface area contributed by atoms with Gasteiger partial charge in [0.15, 0.2) is 0 Å². The molecule has 0 bridgehead atoms. The molecular weight excluding hydrogens is 208 g/mol. The second-order valence-corrected chi connectivity index (χ2v) is 3.91. The van der Waals surface area contributed by atoms with Crippen molar-refractivity contribution in [3.63, 3.8) is 0 Å². The van der Waals surface area contributed by atoms with Crippen LogP contribution in [-0.2, 0) is 4.74 Å². The number of ether oxygens (including phenoxy) is 1. The minimum Gasteiger partial charge on any atom is -0.459 e. The molecule has 1 unspecified atom stereocenters. The van der Waals surface area contributed by atoms with E-state index in [1.165, 1.54) is 6.92 Å². The van der Waals surface area contributed by atoms with Crippen molar-refractivity contribution in [3.8, 4) is 0 Å². The van der Waals surface area contributed by atoms with E-state index in [0.29, 0.717) is 5.56 Å². The Morgan fingerprint density at radius 2 is 2.00 bits per heavy atom. The molecule has 88 valence electrons. The summed E-state index contributed by atoms with van der Waals surface area (Å²) in [6.45, 7) is 1.25. The van der Waals surface area contributed by atoms with Gasteiger partial charge in [-0.15, -0.1) is 0 Å². The van der Waals surface area contributed by atoms with Crippen molar-refractivity contribution in [2.45, 2.75) is 18.9 Å². The number of aliphatic hydroxyl groups is 2. The molecule has 0 aromatic heterocycles. The van der Waals surface area contributed by atoms with Gasteiger partial charge in [-0.3, -0.25) is 0 Å². The van der Waals surface area contributed by atoms with Gasteiger partial charge in [-0.05, 0) is 19.1 Å². The lowest BCUT2D eigenvalue weighted by Crippen LogP contribution is -2.33. The van der Waals surface area contributed by atoms with Crippen LogP contribution in [0.1, 0.15) is 23.7 Å². The van der Waals surface area contributed by atoms with Gasteiger partial charge >= 0.3 is 5.97 Å². The zero-order valence-corrected chi connectivity index (χ0v) is 9.22. The van der Waals surface area contributed by atoms with Gasteiger partial charge in [0.25, 0.3) is 0 Å². The molecule has 1 aromatic carbocycles. The van der Waals surface area contributed by atoms with Crippen molar-refractivity contribution in [2.75, 3.05) is 13.2 Å². The van der Waals surface area contributed by atoms with Gasteiger partial charge in [-0.2, -0.15) is 0 Å². The summed E-state index contributed by atoms with van der Waals surface area (Å²) in [7, 11) is 0. The molecule has 0 aliphatic heterocycles. The summed E-state index contributed by atoms with van der Waals surface area (Å²) in [4.78, 5) is 11.5. The summed E-state index contributed by atoms with van der Waals surface area (Å²) >= 11 is 0. The predicted molar refractivity (Wildman–Crippen MR) is 59.1 cm³/mol. The fourth-order valence-corrected chi connectivity index (χ4v) is 1.19. The van der Waals surface area contributed by atoms with Crippen LogP contribution in [0.3, 0.4) is 0 Å². The molecule has 1 atom stereocenters. The van der Waals surface area contributed by atoms with Gasteiger partial charge in [-0.25, -0.2) is 4.79 Å². The average molecular weight is 224 g/mol.